The lowest BCUT2D eigenvalue weighted by molar-refractivity contribution is -0.137. The number of anilines is 1. The van der Waals surface area contributed by atoms with E-state index in [-0.39, 0.29) is 17.3 Å². The Bertz CT molecular complexity index is 687. The zero-order valence-electron chi connectivity index (χ0n) is 11.8. The van der Waals surface area contributed by atoms with Crippen LogP contribution in [0.3, 0.4) is 0 Å². The number of aromatic nitrogens is 3. The summed E-state index contributed by atoms with van der Waals surface area (Å²) in [5.41, 5.74) is -0.492. The number of benzene rings is 1. The number of amides is 1. The number of halogens is 3. The van der Waals surface area contributed by atoms with E-state index in [0.29, 0.717) is 10.3 Å². The van der Waals surface area contributed by atoms with Gasteiger partial charge in [0.2, 0.25) is 16.2 Å². The summed E-state index contributed by atoms with van der Waals surface area (Å²) in [5.74, 6) is 5.34. The molecule has 6 nitrogen and oxygen atoms in total. The van der Waals surface area contributed by atoms with Crippen LogP contribution >= 0.6 is 23.5 Å². The van der Waals surface area contributed by atoms with E-state index in [2.05, 4.69) is 15.5 Å². The van der Waals surface area contributed by atoms with Crippen LogP contribution in [0, 0.1) is 0 Å². The van der Waals surface area contributed by atoms with Crippen LogP contribution in [0.1, 0.15) is 5.56 Å². The minimum atomic E-state index is -4.40. The average Bonchev–Trinajstić information content (AvgIpc) is 2.85. The molecule has 0 bridgehead atoms. The maximum atomic E-state index is 12.4. The third-order valence-corrected chi connectivity index (χ3v) is 4.23. The first-order chi connectivity index (χ1) is 10.8. The normalized spacial score (nSPS) is 11.5. The van der Waals surface area contributed by atoms with E-state index < -0.39 is 11.7 Å². The molecule has 0 saturated carbocycles. The summed E-state index contributed by atoms with van der Waals surface area (Å²) in [6.07, 6.45) is -2.61. The molecule has 1 aromatic carbocycles. The lowest BCUT2D eigenvalue weighted by atomic mass is 10.2. The molecule has 0 fully saturated rings. The molecule has 1 aromatic heterocycles. The fourth-order valence-corrected chi connectivity index (χ4v) is 2.69. The second-order valence-corrected chi connectivity index (χ2v) is 5.97. The zero-order chi connectivity index (χ0) is 17.0. The predicted molar refractivity (Wildman–Crippen MR) is 82.8 cm³/mol. The number of nitrogens with zero attached hydrogens (tertiary/aromatic N) is 3. The fourth-order valence-electron chi connectivity index (χ4n) is 1.57. The number of nitrogens with one attached hydrogen (secondary N) is 1. The van der Waals surface area contributed by atoms with Crippen molar-refractivity contribution in [3.8, 4) is 0 Å². The van der Waals surface area contributed by atoms with Gasteiger partial charge >= 0.3 is 6.18 Å². The van der Waals surface area contributed by atoms with Gasteiger partial charge in [0.25, 0.3) is 0 Å². The maximum Gasteiger partial charge on any atom is 0.416 e. The standard InChI is InChI=1S/C12H12F3N5OS2/c1-22-10-18-19-11(20(10)16)23-6-9(21)17-8-4-2-7(3-5-8)12(13,14)15/h2-5H,6,16H2,1H3,(H,17,21). The van der Waals surface area contributed by atoms with Gasteiger partial charge < -0.3 is 11.2 Å². The molecule has 0 unspecified atom stereocenters. The van der Waals surface area contributed by atoms with E-state index in [9.17, 15) is 18.0 Å². The highest BCUT2D eigenvalue weighted by atomic mass is 32.2. The quantitative estimate of drug-likeness (QED) is 0.627. The van der Waals surface area contributed by atoms with Crippen molar-refractivity contribution in [1.82, 2.24) is 14.9 Å². The molecule has 2 rings (SSSR count). The maximum absolute atomic E-state index is 12.4. The summed E-state index contributed by atoms with van der Waals surface area (Å²) in [4.78, 5) is 11.8. The molecule has 1 amide bonds. The first kappa shape index (κ1) is 17.5. The summed E-state index contributed by atoms with van der Waals surface area (Å²) < 4.78 is 38.6. The second-order valence-electron chi connectivity index (χ2n) is 4.25. The van der Waals surface area contributed by atoms with Gasteiger partial charge in [-0.1, -0.05) is 23.5 Å². The van der Waals surface area contributed by atoms with E-state index in [1.54, 1.807) is 6.26 Å². The third-order valence-electron chi connectivity index (χ3n) is 2.64. The number of thioether (sulfide) groups is 2. The molecule has 11 heteroatoms. The molecule has 2 aromatic rings. The number of nitrogen functional groups attached to an aromatic ring is 1. The van der Waals surface area contributed by atoms with Crippen LogP contribution in [0.4, 0.5) is 18.9 Å². The number of hydrogen-bond donors (Lipinski definition) is 2. The van der Waals surface area contributed by atoms with Gasteiger partial charge in [0.05, 0.1) is 11.3 Å². The van der Waals surface area contributed by atoms with Crippen molar-refractivity contribution in [2.75, 3.05) is 23.2 Å². The molecular formula is C12H12F3N5OS2. The molecule has 1 heterocycles. The predicted octanol–water partition coefficient (Wildman–Crippen LogP) is 2.46. The molecule has 0 radical (unpaired) electrons. The summed E-state index contributed by atoms with van der Waals surface area (Å²) in [6, 6.07) is 4.21. The van der Waals surface area contributed by atoms with Crippen molar-refractivity contribution in [2.45, 2.75) is 16.5 Å². The smallest absolute Gasteiger partial charge is 0.335 e. The van der Waals surface area contributed by atoms with Crippen LogP contribution in [0.25, 0.3) is 0 Å². The minimum Gasteiger partial charge on any atom is -0.335 e. The number of carbonyl (C=O) groups is 1. The van der Waals surface area contributed by atoms with Crippen LogP contribution in [0.15, 0.2) is 34.6 Å². The number of hydrogen-bond acceptors (Lipinski definition) is 6. The van der Waals surface area contributed by atoms with Gasteiger partial charge in [-0.15, -0.1) is 10.2 Å². The Morgan fingerprint density at radius 3 is 2.39 bits per heavy atom. The number of alkyl halides is 3. The highest BCUT2D eigenvalue weighted by Gasteiger charge is 2.29. The van der Waals surface area contributed by atoms with Gasteiger partial charge in [-0.05, 0) is 30.5 Å². The molecule has 0 aliphatic carbocycles. The molecular weight excluding hydrogens is 351 g/mol. The Kier molecular flexibility index (Phi) is 5.42. The van der Waals surface area contributed by atoms with Crippen LogP contribution < -0.4 is 11.2 Å². The minimum absolute atomic E-state index is 0.00470. The Hall–Kier alpha value is -1.88. The Labute approximate surface area is 138 Å². The van der Waals surface area contributed by atoms with Gasteiger partial charge in [0, 0.05) is 5.69 Å². The number of carbonyl (C=O) groups excluding carboxylic acids is 1. The third kappa shape index (κ3) is 4.55. The van der Waals surface area contributed by atoms with Gasteiger partial charge in [-0.2, -0.15) is 13.2 Å². The highest BCUT2D eigenvalue weighted by Crippen LogP contribution is 2.29. The summed E-state index contributed by atoms with van der Waals surface area (Å²) >= 11 is 2.39. The Balaban J connectivity index is 1.91. The molecule has 0 spiro atoms. The topological polar surface area (TPSA) is 85.8 Å². The largest absolute Gasteiger partial charge is 0.416 e. The molecule has 0 atom stereocenters. The van der Waals surface area contributed by atoms with Crippen molar-refractivity contribution in [3.63, 3.8) is 0 Å². The zero-order valence-corrected chi connectivity index (χ0v) is 13.4. The molecule has 3 N–H and O–H groups in total. The highest BCUT2D eigenvalue weighted by molar-refractivity contribution is 8.00. The van der Waals surface area contributed by atoms with E-state index in [1.807, 2.05) is 0 Å². The summed E-state index contributed by atoms with van der Waals surface area (Å²) in [5, 5.41) is 11.0. The first-order valence-corrected chi connectivity index (χ1v) is 8.36. The first-order valence-electron chi connectivity index (χ1n) is 6.15. The molecule has 124 valence electrons. The van der Waals surface area contributed by atoms with E-state index in [4.69, 9.17) is 5.84 Å². The SMILES string of the molecule is CSc1nnc(SCC(=O)Nc2ccc(C(F)(F)F)cc2)n1N. The van der Waals surface area contributed by atoms with Crippen LogP contribution in [-0.4, -0.2) is 32.8 Å². The van der Waals surface area contributed by atoms with Crippen molar-refractivity contribution >= 4 is 35.1 Å². The summed E-state index contributed by atoms with van der Waals surface area (Å²) in [7, 11) is 0. The lowest BCUT2D eigenvalue weighted by Crippen LogP contribution is -2.16. The van der Waals surface area contributed by atoms with Crippen LogP contribution in [-0.2, 0) is 11.0 Å². The molecule has 23 heavy (non-hydrogen) atoms. The Morgan fingerprint density at radius 2 is 1.87 bits per heavy atom. The van der Waals surface area contributed by atoms with Gasteiger partial charge in [-0.25, -0.2) is 4.68 Å². The van der Waals surface area contributed by atoms with Crippen molar-refractivity contribution < 1.29 is 18.0 Å². The number of nitrogens with two attached hydrogens (primary N) is 1. The van der Waals surface area contributed by atoms with Crippen molar-refractivity contribution in [2.24, 2.45) is 0 Å². The van der Waals surface area contributed by atoms with Gasteiger partial charge in [0.1, 0.15) is 0 Å². The number of rotatable bonds is 5. The van der Waals surface area contributed by atoms with Crippen LogP contribution in [0.5, 0.6) is 0 Å². The summed E-state index contributed by atoms with van der Waals surface area (Å²) in [6.45, 7) is 0. The van der Waals surface area contributed by atoms with Crippen molar-refractivity contribution in [3.05, 3.63) is 29.8 Å². The Morgan fingerprint density at radius 1 is 1.26 bits per heavy atom. The van der Waals surface area contributed by atoms with E-state index in [1.165, 1.54) is 28.6 Å². The van der Waals surface area contributed by atoms with Crippen molar-refractivity contribution in [1.29, 1.82) is 0 Å². The molecule has 0 aliphatic heterocycles. The second kappa shape index (κ2) is 7.13. The van der Waals surface area contributed by atoms with Gasteiger partial charge in [-0.3, -0.25) is 4.79 Å². The van der Waals surface area contributed by atoms with Gasteiger partial charge in [0.15, 0.2) is 0 Å². The monoisotopic (exact) mass is 363 g/mol. The van der Waals surface area contributed by atoms with Crippen LogP contribution in [0.2, 0.25) is 0 Å². The average molecular weight is 363 g/mol. The molecule has 0 saturated heterocycles. The molecule has 0 aliphatic rings. The van der Waals surface area contributed by atoms with E-state index >= 15 is 0 Å². The van der Waals surface area contributed by atoms with E-state index in [0.717, 1.165) is 23.9 Å². The fraction of sp³-hybridized carbons (Fsp3) is 0.250. The lowest BCUT2D eigenvalue weighted by Gasteiger charge is -2.08.